The van der Waals surface area contributed by atoms with Gasteiger partial charge in [0.05, 0.1) is 6.54 Å². The Hall–Kier alpha value is -1.75. The normalized spacial score (nSPS) is 12.6. The predicted octanol–water partition coefficient (Wildman–Crippen LogP) is 0.723. The Morgan fingerprint density at radius 2 is 2.18 bits per heavy atom. The summed E-state index contributed by atoms with van der Waals surface area (Å²) in [4.78, 5) is 13.2. The zero-order valence-corrected chi connectivity index (χ0v) is 9.81. The van der Waals surface area contributed by atoms with Gasteiger partial charge >= 0.3 is 0 Å². The van der Waals surface area contributed by atoms with E-state index in [9.17, 15) is 4.79 Å². The van der Waals surface area contributed by atoms with Crippen molar-refractivity contribution in [3.05, 3.63) is 23.8 Å². The maximum Gasteiger partial charge on any atom is 0.236 e. The molecule has 1 heterocycles. The molecule has 0 atom stereocenters. The highest BCUT2D eigenvalue weighted by Crippen LogP contribution is 2.32. The number of nitrogens with zero attached hydrogens (tertiary/aromatic N) is 1. The number of likely N-dealkylation sites (N-methyl/N-ethyl adjacent to an activating group) is 1. The fraction of sp³-hybridized carbons (Fsp3) is 0.417. The van der Waals surface area contributed by atoms with Crippen LogP contribution >= 0.6 is 0 Å². The smallest absolute Gasteiger partial charge is 0.236 e. The molecule has 17 heavy (non-hydrogen) atoms. The van der Waals surface area contributed by atoms with Gasteiger partial charge in [-0.05, 0) is 24.6 Å². The van der Waals surface area contributed by atoms with Gasteiger partial charge in [-0.2, -0.15) is 0 Å². The molecule has 1 aromatic rings. The molecule has 1 aliphatic heterocycles. The van der Waals surface area contributed by atoms with Gasteiger partial charge in [0.2, 0.25) is 12.7 Å². The van der Waals surface area contributed by atoms with Crippen molar-refractivity contribution in [3.8, 4) is 11.5 Å². The number of fused-ring (bicyclic) bond motifs is 1. The number of ether oxygens (including phenoxy) is 2. The fourth-order valence-corrected chi connectivity index (χ4v) is 1.77. The maximum atomic E-state index is 11.5. The van der Waals surface area contributed by atoms with Gasteiger partial charge in [-0.15, -0.1) is 0 Å². The van der Waals surface area contributed by atoms with E-state index in [-0.39, 0.29) is 19.2 Å². The maximum absolute atomic E-state index is 11.5. The third-order valence-corrected chi connectivity index (χ3v) is 2.72. The quantitative estimate of drug-likeness (QED) is 0.836. The molecule has 2 rings (SSSR count). The molecule has 0 aliphatic carbocycles. The summed E-state index contributed by atoms with van der Waals surface area (Å²) in [5.41, 5.74) is 6.37. The molecule has 0 saturated carbocycles. The van der Waals surface area contributed by atoms with Gasteiger partial charge in [-0.3, -0.25) is 4.79 Å². The van der Waals surface area contributed by atoms with Gasteiger partial charge in [-0.1, -0.05) is 6.07 Å². The predicted molar refractivity (Wildman–Crippen MR) is 62.7 cm³/mol. The molecule has 1 aliphatic rings. The molecule has 0 radical (unpaired) electrons. The summed E-state index contributed by atoms with van der Waals surface area (Å²) in [5.74, 6) is 1.44. The minimum Gasteiger partial charge on any atom is -0.454 e. The summed E-state index contributed by atoms with van der Waals surface area (Å²) in [6.45, 7) is 3.42. The van der Waals surface area contributed by atoms with Crippen LogP contribution in [-0.2, 0) is 11.3 Å². The Balaban J connectivity index is 2.10. The zero-order valence-electron chi connectivity index (χ0n) is 9.81. The zero-order chi connectivity index (χ0) is 12.3. The van der Waals surface area contributed by atoms with E-state index >= 15 is 0 Å². The Morgan fingerprint density at radius 3 is 2.88 bits per heavy atom. The van der Waals surface area contributed by atoms with E-state index in [0.717, 1.165) is 17.1 Å². The molecule has 2 N–H and O–H groups in total. The second-order valence-electron chi connectivity index (χ2n) is 3.80. The highest BCUT2D eigenvalue weighted by Gasteiger charge is 2.15. The van der Waals surface area contributed by atoms with E-state index in [0.29, 0.717) is 13.1 Å². The molecule has 0 bridgehead atoms. The molecule has 5 heteroatoms. The number of carbonyl (C=O) groups is 1. The second kappa shape index (κ2) is 5.05. The van der Waals surface area contributed by atoms with E-state index in [2.05, 4.69) is 0 Å². The second-order valence-corrected chi connectivity index (χ2v) is 3.80. The van der Waals surface area contributed by atoms with E-state index in [1.54, 1.807) is 4.90 Å². The lowest BCUT2D eigenvalue weighted by atomic mass is 10.2. The van der Waals surface area contributed by atoms with Gasteiger partial charge in [0.25, 0.3) is 0 Å². The van der Waals surface area contributed by atoms with Crippen LogP contribution in [0.3, 0.4) is 0 Å². The highest BCUT2D eigenvalue weighted by molar-refractivity contribution is 5.78. The van der Waals surface area contributed by atoms with Gasteiger partial charge in [0.15, 0.2) is 11.5 Å². The molecule has 0 aromatic heterocycles. The first-order chi connectivity index (χ1) is 8.24. The van der Waals surface area contributed by atoms with Crippen molar-refractivity contribution in [1.29, 1.82) is 0 Å². The van der Waals surface area contributed by atoms with Crippen LogP contribution in [-0.4, -0.2) is 30.7 Å². The number of nitrogens with two attached hydrogens (primary N) is 1. The number of carbonyl (C=O) groups excluding carboxylic acids is 1. The molecule has 0 spiro atoms. The van der Waals surface area contributed by atoms with E-state index in [4.69, 9.17) is 15.2 Å². The van der Waals surface area contributed by atoms with Crippen LogP contribution in [0.2, 0.25) is 0 Å². The van der Waals surface area contributed by atoms with Crippen molar-refractivity contribution in [2.24, 2.45) is 5.73 Å². The standard InChI is InChI=1S/C12H16N2O3/c1-2-14(12(15)6-13)7-9-3-4-10-11(5-9)17-8-16-10/h3-5H,2,6-8,13H2,1H3. The molecular weight excluding hydrogens is 220 g/mol. The van der Waals surface area contributed by atoms with Crippen LogP contribution in [0.5, 0.6) is 11.5 Å². The van der Waals surface area contributed by atoms with E-state index in [1.807, 2.05) is 25.1 Å². The number of rotatable bonds is 4. The van der Waals surface area contributed by atoms with Crippen molar-refractivity contribution < 1.29 is 14.3 Å². The number of amides is 1. The molecule has 5 nitrogen and oxygen atoms in total. The van der Waals surface area contributed by atoms with Crippen LogP contribution < -0.4 is 15.2 Å². The van der Waals surface area contributed by atoms with Gasteiger partial charge < -0.3 is 20.1 Å². The van der Waals surface area contributed by atoms with Crippen LogP contribution in [0.15, 0.2) is 18.2 Å². The largest absolute Gasteiger partial charge is 0.454 e. The highest BCUT2D eigenvalue weighted by atomic mass is 16.7. The Kier molecular flexibility index (Phi) is 3.49. The molecule has 0 unspecified atom stereocenters. The van der Waals surface area contributed by atoms with Crippen molar-refractivity contribution in [2.45, 2.75) is 13.5 Å². The topological polar surface area (TPSA) is 64.8 Å². The lowest BCUT2D eigenvalue weighted by Crippen LogP contribution is -2.35. The van der Waals surface area contributed by atoms with Gasteiger partial charge in [0.1, 0.15) is 0 Å². The molecule has 92 valence electrons. The van der Waals surface area contributed by atoms with Crippen molar-refractivity contribution >= 4 is 5.91 Å². The third-order valence-electron chi connectivity index (χ3n) is 2.72. The van der Waals surface area contributed by atoms with Gasteiger partial charge in [0, 0.05) is 13.1 Å². The Labute approximate surface area is 100 Å². The Bertz CT molecular complexity index is 420. The third kappa shape index (κ3) is 2.50. The summed E-state index contributed by atoms with van der Waals surface area (Å²) in [7, 11) is 0. The fourth-order valence-electron chi connectivity index (χ4n) is 1.77. The average Bonchev–Trinajstić information content (AvgIpc) is 2.82. The minimum atomic E-state index is -0.0508. The van der Waals surface area contributed by atoms with Crippen LogP contribution in [0.4, 0.5) is 0 Å². The van der Waals surface area contributed by atoms with Crippen molar-refractivity contribution in [1.82, 2.24) is 4.90 Å². The lowest BCUT2D eigenvalue weighted by molar-refractivity contribution is -0.130. The monoisotopic (exact) mass is 236 g/mol. The van der Waals surface area contributed by atoms with E-state index < -0.39 is 0 Å². The first-order valence-electron chi connectivity index (χ1n) is 5.61. The summed E-state index contributed by atoms with van der Waals surface area (Å²) in [6, 6.07) is 5.69. The Morgan fingerprint density at radius 1 is 1.41 bits per heavy atom. The molecule has 0 saturated heterocycles. The number of hydrogen-bond donors (Lipinski definition) is 1. The summed E-state index contributed by atoms with van der Waals surface area (Å²) in [5, 5.41) is 0. The number of benzene rings is 1. The number of hydrogen-bond acceptors (Lipinski definition) is 4. The van der Waals surface area contributed by atoms with Crippen molar-refractivity contribution in [3.63, 3.8) is 0 Å². The molecular formula is C12H16N2O3. The van der Waals surface area contributed by atoms with Crippen LogP contribution in [0, 0.1) is 0 Å². The minimum absolute atomic E-state index is 0.0401. The van der Waals surface area contributed by atoms with Gasteiger partial charge in [-0.25, -0.2) is 0 Å². The summed E-state index contributed by atoms with van der Waals surface area (Å²) in [6.07, 6.45) is 0. The molecule has 0 fully saturated rings. The van der Waals surface area contributed by atoms with Crippen LogP contribution in [0.25, 0.3) is 0 Å². The average molecular weight is 236 g/mol. The lowest BCUT2D eigenvalue weighted by Gasteiger charge is -2.20. The van der Waals surface area contributed by atoms with E-state index in [1.165, 1.54) is 0 Å². The SMILES string of the molecule is CCN(Cc1ccc2c(c1)OCO2)C(=O)CN. The van der Waals surface area contributed by atoms with Crippen molar-refractivity contribution in [2.75, 3.05) is 19.9 Å². The molecule has 1 amide bonds. The first-order valence-corrected chi connectivity index (χ1v) is 5.61. The van der Waals surface area contributed by atoms with Crippen LogP contribution in [0.1, 0.15) is 12.5 Å². The first kappa shape index (κ1) is 11.7. The molecule has 1 aromatic carbocycles. The summed E-state index contributed by atoms with van der Waals surface area (Å²) >= 11 is 0. The summed E-state index contributed by atoms with van der Waals surface area (Å²) < 4.78 is 10.5.